The van der Waals surface area contributed by atoms with Crippen LogP contribution in [0.25, 0.3) is 11.1 Å². The molecule has 3 aromatic rings. The first kappa shape index (κ1) is 19.6. The maximum Gasteiger partial charge on any atom is 0.259 e. The number of fused-ring (bicyclic) bond motifs is 1. The molecule has 0 spiro atoms. The van der Waals surface area contributed by atoms with Crippen molar-refractivity contribution in [1.29, 1.82) is 0 Å². The number of nitrogens with two attached hydrogens (primary N) is 1. The Morgan fingerprint density at radius 3 is 2.69 bits per heavy atom. The minimum Gasteiger partial charge on any atom is -0.335 e. The van der Waals surface area contributed by atoms with E-state index in [1.807, 2.05) is 41.3 Å². The fourth-order valence-corrected chi connectivity index (χ4v) is 3.65. The standard InChI is InChI=1S/C23H28N4O2/c1-15(2)21-20-18(13-19(17-9-10-17)25-22(20)29-26-21)23(28)27(12-6-11-24)14-16-7-4-3-5-8-16/h3-5,7-8,13,15,17H,6,9-12,14,24H2,1-2H3. The smallest absolute Gasteiger partial charge is 0.259 e. The van der Waals surface area contributed by atoms with Crippen LogP contribution in [0, 0.1) is 0 Å². The van der Waals surface area contributed by atoms with E-state index in [-0.39, 0.29) is 11.8 Å². The number of pyridine rings is 1. The van der Waals surface area contributed by atoms with Crippen molar-refractivity contribution < 1.29 is 9.32 Å². The molecule has 0 bridgehead atoms. The summed E-state index contributed by atoms with van der Waals surface area (Å²) in [4.78, 5) is 20.3. The second-order valence-corrected chi connectivity index (χ2v) is 8.13. The van der Waals surface area contributed by atoms with Crippen molar-refractivity contribution >= 4 is 17.0 Å². The van der Waals surface area contributed by atoms with E-state index in [2.05, 4.69) is 24.0 Å². The molecule has 1 fully saturated rings. The molecule has 1 saturated carbocycles. The molecule has 0 aliphatic heterocycles. The molecule has 0 saturated heterocycles. The molecule has 6 heteroatoms. The molecule has 0 radical (unpaired) electrons. The van der Waals surface area contributed by atoms with Gasteiger partial charge in [-0.3, -0.25) is 4.79 Å². The number of carbonyl (C=O) groups excluding carboxylic acids is 1. The van der Waals surface area contributed by atoms with Gasteiger partial charge in [-0.1, -0.05) is 49.3 Å². The van der Waals surface area contributed by atoms with Gasteiger partial charge in [0.1, 0.15) is 0 Å². The van der Waals surface area contributed by atoms with Crippen molar-refractivity contribution in [2.75, 3.05) is 13.1 Å². The predicted octanol–water partition coefficient (Wildman–Crippen LogP) is 4.21. The number of nitrogens with zero attached hydrogens (tertiary/aromatic N) is 3. The lowest BCUT2D eigenvalue weighted by Crippen LogP contribution is -2.33. The maximum atomic E-state index is 13.7. The van der Waals surface area contributed by atoms with E-state index in [1.165, 1.54) is 0 Å². The first-order valence-electron chi connectivity index (χ1n) is 10.4. The van der Waals surface area contributed by atoms with Crippen molar-refractivity contribution in [3.8, 4) is 0 Å². The van der Waals surface area contributed by atoms with Gasteiger partial charge in [-0.25, -0.2) is 4.98 Å². The van der Waals surface area contributed by atoms with Crippen LogP contribution in [0.3, 0.4) is 0 Å². The third-order valence-electron chi connectivity index (χ3n) is 5.40. The second-order valence-electron chi connectivity index (χ2n) is 8.13. The Labute approximate surface area is 171 Å². The van der Waals surface area contributed by atoms with Crippen molar-refractivity contribution in [3.63, 3.8) is 0 Å². The van der Waals surface area contributed by atoms with E-state index in [0.29, 0.717) is 36.8 Å². The summed E-state index contributed by atoms with van der Waals surface area (Å²) in [5, 5.41) is 4.99. The molecule has 2 aromatic heterocycles. The number of hydrogen-bond donors (Lipinski definition) is 1. The van der Waals surface area contributed by atoms with Gasteiger partial charge in [0.05, 0.1) is 16.6 Å². The van der Waals surface area contributed by atoms with E-state index >= 15 is 0 Å². The molecular weight excluding hydrogens is 364 g/mol. The van der Waals surface area contributed by atoms with E-state index in [9.17, 15) is 4.79 Å². The monoisotopic (exact) mass is 392 g/mol. The zero-order chi connectivity index (χ0) is 20.4. The van der Waals surface area contributed by atoms with Crippen LogP contribution in [0.15, 0.2) is 40.9 Å². The lowest BCUT2D eigenvalue weighted by molar-refractivity contribution is 0.0744. The van der Waals surface area contributed by atoms with Gasteiger partial charge in [-0.2, -0.15) is 0 Å². The Bertz CT molecular complexity index is 993. The quantitative estimate of drug-likeness (QED) is 0.620. The molecule has 0 atom stereocenters. The summed E-state index contributed by atoms with van der Waals surface area (Å²) < 4.78 is 5.55. The highest BCUT2D eigenvalue weighted by Crippen LogP contribution is 2.41. The molecule has 1 aliphatic rings. The molecule has 4 rings (SSSR count). The number of aromatic nitrogens is 2. The van der Waals surface area contributed by atoms with Gasteiger partial charge in [0.25, 0.3) is 11.6 Å². The highest BCUT2D eigenvalue weighted by Gasteiger charge is 2.30. The van der Waals surface area contributed by atoms with Crippen LogP contribution in [-0.2, 0) is 6.54 Å². The van der Waals surface area contributed by atoms with Crippen molar-refractivity contribution in [3.05, 3.63) is 58.9 Å². The summed E-state index contributed by atoms with van der Waals surface area (Å²) in [6, 6.07) is 12.0. The van der Waals surface area contributed by atoms with Crippen molar-refractivity contribution in [1.82, 2.24) is 15.0 Å². The SMILES string of the molecule is CC(C)c1noc2nc(C3CC3)cc(C(=O)N(CCCN)Cc3ccccc3)c12. The van der Waals surface area contributed by atoms with Crippen LogP contribution >= 0.6 is 0 Å². The predicted molar refractivity (Wildman–Crippen MR) is 113 cm³/mol. The van der Waals surface area contributed by atoms with Gasteiger partial charge >= 0.3 is 0 Å². The second kappa shape index (κ2) is 8.33. The summed E-state index contributed by atoms with van der Waals surface area (Å²) in [6.45, 7) is 5.80. The molecular formula is C23H28N4O2. The van der Waals surface area contributed by atoms with Gasteiger partial charge < -0.3 is 15.2 Å². The summed E-state index contributed by atoms with van der Waals surface area (Å²) in [5.41, 5.74) is 9.69. The molecule has 1 aliphatic carbocycles. The number of hydrogen-bond acceptors (Lipinski definition) is 5. The fourth-order valence-electron chi connectivity index (χ4n) is 3.65. The molecule has 29 heavy (non-hydrogen) atoms. The molecule has 1 aromatic carbocycles. The van der Waals surface area contributed by atoms with Crippen LogP contribution in [0.5, 0.6) is 0 Å². The molecule has 6 nitrogen and oxygen atoms in total. The number of benzene rings is 1. The Balaban J connectivity index is 1.76. The normalized spacial score (nSPS) is 13.9. The van der Waals surface area contributed by atoms with Gasteiger partial charge in [0.15, 0.2) is 0 Å². The average Bonchev–Trinajstić information content (AvgIpc) is 3.49. The Morgan fingerprint density at radius 1 is 1.28 bits per heavy atom. The first-order chi connectivity index (χ1) is 14.1. The van der Waals surface area contributed by atoms with E-state index in [4.69, 9.17) is 10.3 Å². The number of rotatable bonds is 8. The maximum absolute atomic E-state index is 13.7. The minimum absolute atomic E-state index is 0.0123. The highest BCUT2D eigenvalue weighted by atomic mass is 16.5. The van der Waals surface area contributed by atoms with Crippen LogP contribution in [0.1, 0.15) is 72.3 Å². The Morgan fingerprint density at radius 2 is 2.03 bits per heavy atom. The molecule has 2 heterocycles. The van der Waals surface area contributed by atoms with Crippen LogP contribution < -0.4 is 5.73 Å². The first-order valence-corrected chi connectivity index (χ1v) is 10.4. The third-order valence-corrected chi connectivity index (χ3v) is 5.40. The van der Waals surface area contributed by atoms with Gasteiger partial charge in [-0.15, -0.1) is 0 Å². The highest BCUT2D eigenvalue weighted by molar-refractivity contribution is 6.06. The third kappa shape index (κ3) is 4.17. The van der Waals surface area contributed by atoms with Crippen LogP contribution in [-0.4, -0.2) is 34.0 Å². The lowest BCUT2D eigenvalue weighted by atomic mass is 10.0. The molecule has 152 valence electrons. The summed E-state index contributed by atoms with van der Waals surface area (Å²) in [5.74, 6) is 0.551. The van der Waals surface area contributed by atoms with Crippen LogP contribution in [0.2, 0.25) is 0 Å². The van der Waals surface area contributed by atoms with E-state index < -0.39 is 0 Å². The number of carbonyl (C=O) groups is 1. The fraction of sp³-hybridized carbons (Fsp3) is 0.435. The zero-order valence-corrected chi connectivity index (χ0v) is 17.1. The summed E-state index contributed by atoms with van der Waals surface area (Å²) in [6.07, 6.45) is 2.97. The average molecular weight is 393 g/mol. The van der Waals surface area contributed by atoms with Gasteiger partial charge in [0.2, 0.25) is 0 Å². The van der Waals surface area contributed by atoms with Crippen LogP contribution in [0.4, 0.5) is 0 Å². The molecule has 0 unspecified atom stereocenters. The van der Waals surface area contributed by atoms with Gasteiger partial charge in [-0.05, 0) is 43.4 Å². The van der Waals surface area contributed by atoms with Gasteiger partial charge in [0, 0.05) is 24.7 Å². The lowest BCUT2D eigenvalue weighted by Gasteiger charge is -2.23. The largest absolute Gasteiger partial charge is 0.335 e. The van der Waals surface area contributed by atoms with Crippen molar-refractivity contribution in [2.24, 2.45) is 5.73 Å². The molecule has 2 N–H and O–H groups in total. The number of amides is 1. The Kier molecular flexibility index (Phi) is 5.62. The Hall–Kier alpha value is -2.73. The summed E-state index contributed by atoms with van der Waals surface area (Å²) in [7, 11) is 0. The molecule has 1 amide bonds. The van der Waals surface area contributed by atoms with E-state index in [1.54, 1.807) is 0 Å². The minimum atomic E-state index is -0.0123. The zero-order valence-electron chi connectivity index (χ0n) is 17.1. The summed E-state index contributed by atoms with van der Waals surface area (Å²) >= 11 is 0. The van der Waals surface area contributed by atoms with E-state index in [0.717, 1.165) is 41.6 Å². The topological polar surface area (TPSA) is 85.2 Å². The van der Waals surface area contributed by atoms with Crippen molar-refractivity contribution in [2.45, 2.75) is 51.5 Å².